The largest absolute Gasteiger partial charge is 0.481 e. The van der Waals surface area contributed by atoms with E-state index in [2.05, 4.69) is 20.8 Å². The fourth-order valence-electron chi connectivity index (χ4n) is 2.73. The highest BCUT2D eigenvalue weighted by Crippen LogP contribution is 2.43. The molecule has 0 aliphatic heterocycles. The van der Waals surface area contributed by atoms with Gasteiger partial charge in [0, 0.05) is 9.75 Å². The van der Waals surface area contributed by atoms with Gasteiger partial charge in [-0.25, -0.2) is 0 Å². The van der Waals surface area contributed by atoms with Gasteiger partial charge in [-0.3, -0.25) is 4.79 Å². The molecule has 0 bridgehead atoms. The van der Waals surface area contributed by atoms with Gasteiger partial charge in [0.05, 0.1) is 5.92 Å². The van der Waals surface area contributed by atoms with Crippen molar-refractivity contribution >= 4 is 17.3 Å². The van der Waals surface area contributed by atoms with Crippen LogP contribution in [0.1, 0.15) is 54.0 Å². The first kappa shape index (κ1) is 12.6. The maximum absolute atomic E-state index is 11.2. The minimum Gasteiger partial charge on any atom is -0.481 e. The molecule has 1 heterocycles. The standard InChI is InChI=1S/C14H20O2S/c1-4-9-10-5-6-11(14(15)16)13(10)17-12(9)7-8(2)3/h8,11H,4-7H2,1-3H3,(H,15,16). The van der Waals surface area contributed by atoms with Gasteiger partial charge in [-0.1, -0.05) is 20.8 Å². The highest BCUT2D eigenvalue weighted by molar-refractivity contribution is 7.12. The Labute approximate surface area is 107 Å². The molecule has 0 saturated heterocycles. The second-order valence-electron chi connectivity index (χ2n) is 5.23. The zero-order valence-electron chi connectivity index (χ0n) is 10.7. The van der Waals surface area contributed by atoms with E-state index in [1.54, 1.807) is 11.3 Å². The van der Waals surface area contributed by atoms with Gasteiger partial charge in [0.1, 0.15) is 0 Å². The van der Waals surface area contributed by atoms with Gasteiger partial charge < -0.3 is 5.11 Å². The lowest BCUT2D eigenvalue weighted by Crippen LogP contribution is -2.06. The number of fused-ring (bicyclic) bond motifs is 1. The van der Waals surface area contributed by atoms with Crippen LogP contribution in [0.5, 0.6) is 0 Å². The predicted octanol–water partition coefficient (Wildman–Crippen LogP) is 3.62. The number of hydrogen-bond donors (Lipinski definition) is 1. The summed E-state index contributed by atoms with van der Waals surface area (Å²) < 4.78 is 0. The average molecular weight is 252 g/mol. The number of thiophene rings is 1. The molecule has 1 aliphatic rings. The van der Waals surface area contributed by atoms with Crippen LogP contribution in [0.3, 0.4) is 0 Å². The normalized spacial score (nSPS) is 18.7. The molecule has 1 aromatic rings. The lowest BCUT2D eigenvalue weighted by atomic mass is 10.0. The predicted molar refractivity (Wildman–Crippen MR) is 70.9 cm³/mol. The SMILES string of the molecule is CCc1c(CC(C)C)sc2c1CCC2C(=O)O. The van der Waals surface area contributed by atoms with Crippen LogP contribution in [0.2, 0.25) is 0 Å². The summed E-state index contributed by atoms with van der Waals surface area (Å²) in [6.07, 6.45) is 3.89. The van der Waals surface area contributed by atoms with Gasteiger partial charge in [0.15, 0.2) is 0 Å². The van der Waals surface area contributed by atoms with Crippen molar-refractivity contribution in [2.45, 2.75) is 52.4 Å². The number of aliphatic carboxylic acids is 1. The number of carbonyl (C=O) groups is 1. The molecule has 17 heavy (non-hydrogen) atoms. The quantitative estimate of drug-likeness (QED) is 0.888. The van der Waals surface area contributed by atoms with E-state index in [1.807, 2.05) is 0 Å². The van der Waals surface area contributed by atoms with Crippen LogP contribution in [0, 0.1) is 5.92 Å². The maximum Gasteiger partial charge on any atom is 0.311 e. The molecule has 0 amide bonds. The molecule has 0 spiro atoms. The van der Waals surface area contributed by atoms with Gasteiger partial charge in [0.2, 0.25) is 0 Å². The molecule has 0 fully saturated rings. The van der Waals surface area contributed by atoms with Gasteiger partial charge >= 0.3 is 5.97 Å². The average Bonchev–Trinajstić information content (AvgIpc) is 2.74. The summed E-state index contributed by atoms with van der Waals surface area (Å²) in [5.41, 5.74) is 2.81. The molecule has 1 atom stereocenters. The van der Waals surface area contributed by atoms with E-state index in [1.165, 1.54) is 16.0 Å². The Morgan fingerprint density at radius 2 is 2.24 bits per heavy atom. The Bertz CT molecular complexity index is 432. The lowest BCUT2D eigenvalue weighted by Gasteiger charge is -2.06. The van der Waals surface area contributed by atoms with Crippen LogP contribution >= 0.6 is 11.3 Å². The minimum absolute atomic E-state index is 0.235. The van der Waals surface area contributed by atoms with Crippen molar-refractivity contribution in [3.63, 3.8) is 0 Å². The Morgan fingerprint density at radius 1 is 1.53 bits per heavy atom. The molecular formula is C14H20O2S. The van der Waals surface area contributed by atoms with E-state index in [0.717, 1.165) is 30.6 Å². The van der Waals surface area contributed by atoms with Crippen LogP contribution in [-0.4, -0.2) is 11.1 Å². The second kappa shape index (κ2) is 4.81. The van der Waals surface area contributed by atoms with Crippen molar-refractivity contribution in [2.75, 3.05) is 0 Å². The molecule has 1 aliphatic carbocycles. The molecular weight excluding hydrogens is 232 g/mol. The Balaban J connectivity index is 2.39. The van der Waals surface area contributed by atoms with Crippen molar-refractivity contribution in [2.24, 2.45) is 5.92 Å². The molecule has 0 radical (unpaired) electrons. The van der Waals surface area contributed by atoms with Crippen LogP contribution in [0.25, 0.3) is 0 Å². The van der Waals surface area contributed by atoms with E-state index in [-0.39, 0.29) is 5.92 Å². The first-order chi connectivity index (χ1) is 8.04. The summed E-state index contributed by atoms with van der Waals surface area (Å²) in [6, 6.07) is 0. The van der Waals surface area contributed by atoms with Crippen LogP contribution in [0.15, 0.2) is 0 Å². The Kier molecular flexibility index (Phi) is 3.57. The Hall–Kier alpha value is -0.830. The topological polar surface area (TPSA) is 37.3 Å². The van der Waals surface area contributed by atoms with E-state index in [4.69, 9.17) is 0 Å². The lowest BCUT2D eigenvalue weighted by molar-refractivity contribution is -0.138. The zero-order chi connectivity index (χ0) is 12.6. The van der Waals surface area contributed by atoms with E-state index < -0.39 is 5.97 Å². The highest BCUT2D eigenvalue weighted by Gasteiger charge is 2.33. The summed E-state index contributed by atoms with van der Waals surface area (Å²) in [5, 5.41) is 9.22. The van der Waals surface area contributed by atoms with Crippen molar-refractivity contribution < 1.29 is 9.90 Å². The first-order valence-electron chi connectivity index (χ1n) is 6.40. The molecule has 1 aromatic heterocycles. The monoisotopic (exact) mass is 252 g/mol. The third-order valence-electron chi connectivity index (χ3n) is 3.48. The number of carboxylic acids is 1. The molecule has 3 heteroatoms. The highest BCUT2D eigenvalue weighted by atomic mass is 32.1. The summed E-state index contributed by atoms with van der Waals surface area (Å²) in [4.78, 5) is 13.8. The zero-order valence-corrected chi connectivity index (χ0v) is 11.6. The molecule has 1 N–H and O–H groups in total. The summed E-state index contributed by atoms with van der Waals surface area (Å²) in [5.74, 6) is -0.243. The second-order valence-corrected chi connectivity index (χ2v) is 6.36. The van der Waals surface area contributed by atoms with Crippen LogP contribution in [0.4, 0.5) is 0 Å². The van der Waals surface area contributed by atoms with Gasteiger partial charge in [-0.05, 0) is 42.7 Å². The van der Waals surface area contributed by atoms with Crippen LogP contribution < -0.4 is 0 Å². The molecule has 0 saturated carbocycles. The van der Waals surface area contributed by atoms with Gasteiger partial charge in [0.25, 0.3) is 0 Å². The fraction of sp³-hybridized carbons (Fsp3) is 0.643. The molecule has 2 rings (SSSR count). The third-order valence-corrected chi connectivity index (χ3v) is 4.89. The van der Waals surface area contributed by atoms with Crippen molar-refractivity contribution in [3.05, 3.63) is 20.9 Å². The van der Waals surface area contributed by atoms with Gasteiger partial charge in [-0.15, -0.1) is 11.3 Å². The number of hydrogen-bond acceptors (Lipinski definition) is 2. The van der Waals surface area contributed by atoms with Crippen LogP contribution in [-0.2, 0) is 24.1 Å². The first-order valence-corrected chi connectivity index (χ1v) is 7.22. The summed E-state index contributed by atoms with van der Waals surface area (Å²) >= 11 is 1.76. The number of rotatable bonds is 4. The number of carboxylic acid groups (broad SMARTS) is 1. The Morgan fingerprint density at radius 3 is 2.76 bits per heavy atom. The van der Waals surface area contributed by atoms with E-state index in [9.17, 15) is 9.90 Å². The third kappa shape index (κ3) is 2.25. The maximum atomic E-state index is 11.2. The molecule has 94 valence electrons. The van der Waals surface area contributed by atoms with Gasteiger partial charge in [-0.2, -0.15) is 0 Å². The summed E-state index contributed by atoms with van der Waals surface area (Å²) in [7, 11) is 0. The fourth-order valence-corrected chi connectivity index (χ4v) is 4.51. The molecule has 1 unspecified atom stereocenters. The van der Waals surface area contributed by atoms with Crippen molar-refractivity contribution in [1.29, 1.82) is 0 Å². The smallest absolute Gasteiger partial charge is 0.311 e. The van der Waals surface area contributed by atoms with Crippen molar-refractivity contribution in [1.82, 2.24) is 0 Å². The summed E-state index contributed by atoms with van der Waals surface area (Å²) in [6.45, 7) is 6.62. The van der Waals surface area contributed by atoms with E-state index >= 15 is 0 Å². The minimum atomic E-state index is -0.649. The molecule has 0 aromatic carbocycles. The molecule has 2 nitrogen and oxygen atoms in total. The van der Waals surface area contributed by atoms with E-state index in [0.29, 0.717) is 5.92 Å². The van der Waals surface area contributed by atoms with Crippen molar-refractivity contribution in [3.8, 4) is 0 Å².